The molecule has 1 amide bonds. The van der Waals surface area contributed by atoms with Crippen molar-refractivity contribution in [3.8, 4) is 5.75 Å². The van der Waals surface area contributed by atoms with Crippen LogP contribution in [0, 0.1) is 0 Å². The van der Waals surface area contributed by atoms with Crippen molar-refractivity contribution in [3.63, 3.8) is 0 Å². The highest BCUT2D eigenvalue weighted by atomic mass is 19.3. The summed E-state index contributed by atoms with van der Waals surface area (Å²) in [5.41, 5.74) is 9.42. The van der Waals surface area contributed by atoms with E-state index in [0.717, 1.165) is 16.9 Å². The lowest BCUT2D eigenvalue weighted by atomic mass is 10.1. The van der Waals surface area contributed by atoms with Gasteiger partial charge in [0.2, 0.25) is 5.91 Å². The second kappa shape index (κ2) is 7.29. The van der Waals surface area contributed by atoms with Crippen LogP contribution >= 0.6 is 0 Å². The average Bonchev–Trinajstić information content (AvgIpc) is 3.36. The number of carbonyl (C=O) groups excluding carboxylic acids is 1. The molecular weight excluding hydrogens is 340 g/mol. The molecule has 3 rings (SSSR count). The number of alkyl halides is 2. The SMILES string of the molecule is CC(NC(=O)C1([NH-])CC1)c1ccc(Nc2ccc(OC(F)F)cc2)cc1. The summed E-state index contributed by atoms with van der Waals surface area (Å²) >= 11 is 0. The standard InChI is InChI=1S/C19H20F2N3O2/c1-12(23-17(25)19(22)10-11-19)13-2-4-14(5-3-13)24-15-6-8-16(9-7-15)26-18(20)21/h2-9,12,18,22,24H,10-11H2,1H3,(H,23,25)/q-1. The Bertz CT molecular complexity index is 759. The average molecular weight is 360 g/mol. The Morgan fingerprint density at radius 1 is 1.08 bits per heavy atom. The van der Waals surface area contributed by atoms with Crippen LogP contribution in [0.25, 0.3) is 5.73 Å². The first-order chi connectivity index (χ1) is 12.4. The van der Waals surface area contributed by atoms with Gasteiger partial charge in [-0.3, -0.25) is 4.79 Å². The third-order valence-electron chi connectivity index (χ3n) is 4.31. The second-order valence-electron chi connectivity index (χ2n) is 6.43. The molecule has 1 saturated carbocycles. The number of hydrogen-bond acceptors (Lipinski definition) is 3. The quantitative estimate of drug-likeness (QED) is 0.745. The van der Waals surface area contributed by atoms with Crippen LogP contribution in [0.15, 0.2) is 48.5 Å². The van der Waals surface area contributed by atoms with Gasteiger partial charge in [0.1, 0.15) is 5.75 Å². The number of amides is 1. The van der Waals surface area contributed by atoms with Gasteiger partial charge in [-0.05, 0) is 54.4 Å². The third kappa shape index (κ3) is 4.49. The van der Waals surface area contributed by atoms with Crippen molar-refractivity contribution >= 4 is 17.3 Å². The van der Waals surface area contributed by atoms with E-state index >= 15 is 0 Å². The van der Waals surface area contributed by atoms with Gasteiger partial charge in [0.05, 0.1) is 6.04 Å². The summed E-state index contributed by atoms with van der Waals surface area (Å²) in [5, 5.41) is 6.03. The van der Waals surface area contributed by atoms with E-state index in [1.54, 1.807) is 12.1 Å². The zero-order valence-corrected chi connectivity index (χ0v) is 14.3. The van der Waals surface area contributed by atoms with Gasteiger partial charge in [-0.1, -0.05) is 25.0 Å². The molecule has 1 fully saturated rings. The fourth-order valence-corrected chi connectivity index (χ4v) is 2.51. The number of halogens is 2. The Labute approximate surface area is 150 Å². The summed E-state index contributed by atoms with van der Waals surface area (Å²) < 4.78 is 28.6. The minimum atomic E-state index is -2.84. The molecule has 3 N–H and O–H groups in total. The minimum absolute atomic E-state index is 0.105. The molecule has 0 radical (unpaired) electrons. The Hall–Kier alpha value is -2.67. The molecule has 0 bridgehead atoms. The highest BCUT2D eigenvalue weighted by Gasteiger charge is 2.37. The van der Waals surface area contributed by atoms with Crippen LogP contribution < -0.4 is 15.4 Å². The van der Waals surface area contributed by atoms with E-state index in [1.165, 1.54) is 12.1 Å². The molecule has 2 aromatic rings. The molecular formula is C19H20F2N3O2-. The molecule has 0 heterocycles. The minimum Gasteiger partial charge on any atom is -0.664 e. The number of ether oxygens (including phenoxy) is 1. The summed E-state index contributed by atoms with van der Waals surface area (Å²) in [5.74, 6) is -0.119. The normalized spacial score (nSPS) is 16.0. The van der Waals surface area contributed by atoms with Gasteiger partial charge in [-0.15, -0.1) is 0 Å². The number of anilines is 2. The number of benzene rings is 2. The fraction of sp³-hybridized carbons (Fsp3) is 0.316. The van der Waals surface area contributed by atoms with E-state index in [0.29, 0.717) is 12.8 Å². The largest absolute Gasteiger partial charge is 0.664 e. The molecule has 26 heavy (non-hydrogen) atoms. The fourth-order valence-electron chi connectivity index (χ4n) is 2.51. The zero-order chi connectivity index (χ0) is 18.7. The van der Waals surface area contributed by atoms with Crippen molar-refractivity contribution in [2.45, 2.75) is 38.0 Å². The molecule has 1 atom stereocenters. The zero-order valence-electron chi connectivity index (χ0n) is 14.3. The molecule has 0 aromatic heterocycles. The molecule has 1 aliphatic rings. The van der Waals surface area contributed by atoms with E-state index in [1.807, 2.05) is 31.2 Å². The molecule has 0 aliphatic heterocycles. The Morgan fingerprint density at radius 3 is 2.12 bits per heavy atom. The van der Waals surface area contributed by atoms with Crippen LogP contribution in [0.5, 0.6) is 5.75 Å². The van der Waals surface area contributed by atoms with Gasteiger partial charge in [-0.25, -0.2) is 0 Å². The van der Waals surface area contributed by atoms with Gasteiger partial charge < -0.3 is 21.1 Å². The van der Waals surface area contributed by atoms with Gasteiger partial charge in [-0.2, -0.15) is 8.78 Å². The van der Waals surface area contributed by atoms with Gasteiger partial charge in [0.25, 0.3) is 0 Å². The maximum Gasteiger partial charge on any atom is 0.387 e. The first kappa shape index (κ1) is 18.1. The smallest absolute Gasteiger partial charge is 0.387 e. The number of carbonyl (C=O) groups is 1. The van der Waals surface area contributed by atoms with Crippen LogP contribution in [-0.4, -0.2) is 18.1 Å². The van der Waals surface area contributed by atoms with Crippen molar-refractivity contribution in [3.05, 3.63) is 59.8 Å². The maximum atomic E-state index is 12.1. The van der Waals surface area contributed by atoms with Gasteiger partial charge in [0, 0.05) is 11.4 Å². The van der Waals surface area contributed by atoms with Crippen LogP contribution in [0.4, 0.5) is 20.2 Å². The third-order valence-corrected chi connectivity index (χ3v) is 4.31. The van der Waals surface area contributed by atoms with Crippen molar-refractivity contribution in [1.29, 1.82) is 0 Å². The first-order valence-electron chi connectivity index (χ1n) is 8.33. The van der Waals surface area contributed by atoms with E-state index in [9.17, 15) is 13.6 Å². The lowest BCUT2D eigenvalue weighted by molar-refractivity contribution is -0.122. The summed E-state index contributed by atoms with van der Waals surface area (Å²) in [6.45, 7) is -0.956. The highest BCUT2D eigenvalue weighted by molar-refractivity contribution is 5.91. The molecule has 2 aromatic carbocycles. The van der Waals surface area contributed by atoms with Gasteiger partial charge in [0.15, 0.2) is 0 Å². The lowest BCUT2D eigenvalue weighted by Gasteiger charge is -2.22. The highest BCUT2D eigenvalue weighted by Crippen LogP contribution is 2.39. The molecule has 1 aliphatic carbocycles. The monoisotopic (exact) mass is 360 g/mol. The molecule has 7 heteroatoms. The molecule has 138 valence electrons. The van der Waals surface area contributed by atoms with Crippen molar-refractivity contribution in [2.75, 3.05) is 5.32 Å². The summed E-state index contributed by atoms with van der Waals surface area (Å²) in [7, 11) is 0. The van der Waals surface area contributed by atoms with Crippen molar-refractivity contribution in [2.24, 2.45) is 0 Å². The number of hydrogen-bond donors (Lipinski definition) is 2. The van der Waals surface area contributed by atoms with E-state index in [2.05, 4.69) is 15.4 Å². The summed E-state index contributed by atoms with van der Waals surface area (Å²) in [6.07, 6.45) is 1.24. The molecule has 0 saturated heterocycles. The summed E-state index contributed by atoms with van der Waals surface area (Å²) in [4.78, 5) is 11.9. The Balaban J connectivity index is 1.57. The van der Waals surface area contributed by atoms with Crippen LogP contribution in [0.1, 0.15) is 31.4 Å². The number of nitrogens with one attached hydrogen (secondary N) is 3. The molecule has 5 nitrogen and oxygen atoms in total. The Morgan fingerprint density at radius 2 is 1.62 bits per heavy atom. The molecule has 1 unspecified atom stereocenters. The second-order valence-corrected chi connectivity index (χ2v) is 6.43. The predicted octanol–water partition coefficient (Wildman–Crippen LogP) is 4.79. The maximum absolute atomic E-state index is 12.1. The van der Waals surface area contributed by atoms with Crippen LogP contribution in [0.3, 0.4) is 0 Å². The van der Waals surface area contributed by atoms with E-state index < -0.39 is 12.2 Å². The van der Waals surface area contributed by atoms with Gasteiger partial charge >= 0.3 is 6.61 Å². The van der Waals surface area contributed by atoms with Crippen molar-refractivity contribution in [1.82, 2.24) is 5.32 Å². The van der Waals surface area contributed by atoms with Crippen LogP contribution in [0.2, 0.25) is 0 Å². The predicted molar refractivity (Wildman–Crippen MR) is 95.6 cm³/mol. The Kier molecular flexibility index (Phi) is 5.08. The number of rotatable bonds is 7. The van der Waals surface area contributed by atoms with Crippen molar-refractivity contribution < 1.29 is 18.3 Å². The van der Waals surface area contributed by atoms with E-state index in [4.69, 9.17) is 5.73 Å². The summed E-state index contributed by atoms with van der Waals surface area (Å²) in [6, 6.07) is 13.6. The van der Waals surface area contributed by atoms with E-state index in [-0.39, 0.29) is 17.7 Å². The van der Waals surface area contributed by atoms with Crippen LogP contribution in [-0.2, 0) is 4.79 Å². The first-order valence-corrected chi connectivity index (χ1v) is 8.33. The lowest BCUT2D eigenvalue weighted by Crippen LogP contribution is -2.35. The topological polar surface area (TPSA) is 74.2 Å². The molecule has 0 spiro atoms.